The summed E-state index contributed by atoms with van der Waals surface area (Å²) in [5.74, 6) is 0.0654. The molecule has 1 N–H and O–H groups in total. The predicted octanol–water partition coefficient (Wildman–Crippen LogP) is 0.492. The van der Waals surface area contributed by atoms with Crippen LogP contribution in [0, 0.1) is 5.92 Å². The summed E-state index contributed by atoms with van der Waals surface area (Å²) in [4.78, 5) is 21.8. The molecule has 0 bridgehead atoms. The van der Waals surface area contributed by atoms with Crippen molar-refractivity contribution < 1.29 is 9.59 Å². The van der Waals surface area contributed by atoms with E-state index in [-0.39, 0.29) is 24.0 Å². The van der Waals surface area contributed by atoms with E-state index in [1.165, 1.54) is 0 Å². The number of carbonyl (C=O) groups excluding carboxylic acids is 2. The summed E-state index contributed by atoms with van der Waals surface area (Å²) in [5, 5.41) is 2.69. The summed E-state index contributed by atoms with van der Waals surface area (Å²) in [6, 6.07) is 0. The molecule has 0 aliphatic carbocycles. The fraction of sp³-hybridized carbons (Fsp3) is 0.750. The van der Waals surface area contributed by atoms with Crippen molar-refractivity contribution in [2.24, 2.45) is 5.92 Å². The normalized spacial score (nSPS) is 25.0. The standard InChI is InChI=1S/C8H13NO2/c1-2-3-6-5-9-8(11)4-7(6)10/h6H,2-5H2,1H3,(H,9,11). The maximum Gasteiger partial charge on any atom is 0.227 e. The Labute approximate surface area is 66.2 Å². The number of piperidine rings is 1. The summed E-state index contributed by atoms with van der Waals surface area (Å²) in [5.41, 5.74) is 0. The molecule has 0 radical (unpaired) electrons. The topological polar surface area (TPSA) is 46.2 Å². The molecule has 0 saturated carbocycles. The molecule has 1 heterocycles. The average Bonchev–Trinajstić information content (AvgIpc) is 1.95. The Hall–Kier alpha value is -0.860. The van der Waals surface area contributed by atoms with Gasteiger partial charge in [-0.25, -0.2) is 0 Å². The van der Waals surface area contributed by atoms with Crippen molar-refractivity contribution in [3.63, 3.8) is 0 Å². The zero-order valence-corrected chi connectivity index (χ0v) is 6.72. The third-order valence-corrected chi connectivity index (χ3v) is 1.97. The van der Waals surface area contributed by atoms with E-state index in [4.69, 9.17) is 0 Å². The van der Waals surface area contributed by atoms with E-state index >= 15 is 0 Å². The molecule has 0 aromatic rings. The number of carbonyl (C=O) groups is 2. The summed E-state index contributed by atoms with van der Waals surface area (Å²) >= 11 is 0. The Morgan fingerprint density at radius 1 is 1.55 bits per heavy atom. The molecule has 1 unspecified atom stereocenters. The first-order valence-corrected chi connectivity index (χ1v) is 4.03. The first kappa shape index (κ1) is 8.24. The van der Waals surface area contributed by atoms with Gasteiger partial charge < -0.3 is 5.32 Å². The Morgan fingerprint density at radius 3 is 2.82 bits per heavy atom. The molecule has 11 heavy (non-hydrogen) atoms. The van der Waals surface area contributed by atoms with Gasteiger partial charge in [0.1, 0.15) is 5.78 Å². The van der Waals surface area contributed by atoms with E-state index < -0.39 is 0 Å². The summed E-state index contributed by atoms with van der Waals surface area (Å²) in [6.45, 7) is 2.59. The smallest absolute Gasteiger partial charge is 0.227 e. The second-order valence-corrected chi connectivity index (χ2v) is 2.93. The minimum Gasteiger partial charge on any atom is -0.355 e. The van der Waals surface area contributed by atoms with Gasteiger partial charge in [-0.2, -0.15) is 0 Å². The van der Waals surface area contributed by atoms with Crippen LogP contribution in [0.25, 0.3) is 0 Å². The van der Waals surface area contributed by atoms with Crippen LogP contribution in [0.15, 0.2) is 0 Å². The third-order valence-electron chi connectivity index (χ3n) is 1.97. The maximum absolute atomic E-state index is 11.1. The third kappa shape index (κ3) is 2.03. The van der Waals surface area contributed by atoms with Crippen molar-refractivity contribution in [2.75, 3.05) is 6.54 Å². The van der Waals surface area contributed by atoms with Gasteiger partial charge in [0.2, 0.25) is 5.91 Å². The largest absolute Gasteiger partial charge is 0.355 e. The number of nitrogens with one attached hydrogen (secondary N) is 1. The van der Waals surface area contributed by atoms with Crippen LogP contribution in [0.1, 0.15) is 26.2 Å². The van der Waals surface area contributed by atoms with Gasteiger partial charge >= 0.3 is 0 Å². The molecule has 1 rings (SSSR count). The lowest BCUT2D eigenvalue weighted by atomic mass is 9.93. The fourth-order valence-corrected chi connectivity index (χ4v) is 1.33. The Kier molecular flexibility index (Phi) is 2.63. The van der Waals surface area contributed by atoms with E-state index in [1.807, 2.05) is 6.92 Å². The lowest BCUT2D eigenvalue weighted by Gasteiger charge is -2.20. The van der Waals surface area contributed by atoms with Crippen molar-refractivity contribution in [1.29, 1.82) is 0 Å². The lowest BCUT2D eigenvalue weighted by Crippen LogP contribution is -2.40. The monoisotopic (exact) mass is 155 g/mol. The number of Topliss-reactive ketones (excluding diaryl/α,β-unsaturated/α-hetero) is 1. The van der Waals surface area contributed by atoms with Gasteiger partial charge in [-0.1, -0.05) is 13.3 Å². The van der Waals surface area contributed by atoms with Gasteiger partial charge in [0, 0.05) is 12.5 Å². The Balaban J connectivity index is 2.44. The highest BCUT2D eigenvalue weighted by Gasteiger charge is 2.25. The van der Waals surface area contributed by atoms with Gasteiger partial charge in [0.15, 0.2) is 0 Å². The van der Waals surface area contributed by atoms with E-state index in [2.05, 4.69) is 5.32 Å². The molecule has 3 heteroatoms. The molecule has 62 valence electrons. The van der Waals surface area contributed by atoms with E-state index in [0.717, 1.165) is 12.8 Å². The van der Waals surface area contributed by atoms with Crippen LogP contribution in [0.3, 0.4) is 0 Å². The zero-order valence-electron chi connectivity index (χ0n) is 6.72. The van der Waals surface area contributed by atoms with Crippen LogP contribution in [-0.2, 0) is 9.59 Å². The van der Waals surface area contributed by atoms with Crippen LogP contribution < -0.4 is 5.32 Å². The van der Waals surface area contributed by atoms with Crippen molar-refractivity contribution >= 4 is 11.7 Å². The molecule has 1 saturated heterocycles. The molecule has 1 fully saturated rings. The molecule has 3 nitrogen and oxygen atoms in total. The van der Waals surface area contributed by atoms with E-state index in [0.29, 0.717) is 6.54 Å². The highest BCUT2D eigenvalue weighted by atomic mass is 16.2. The lowest BCUT2D eigenvalue weighted by molar-refractivity contribution is -0.133. The van der Waals surface area contributed by atoms with Crippen LogP contribution >= 0.6 is 0 Å². The zero-order chi connectivity index (χ0) is 8.27. The first-order valence-electron chi connectivity index (χ1n) is 4.03. The fourth-order valence-electron chi connectivity index (χ4n) is 1.33. The van der Waals surface area contributed by atoms with Gasteiger partial charge in [-0.05, 0) is 6.42 Å². The van der Waals surface area contributed by atoms with E-state index in [1.54, 1.807) is 0 Å². The predicted molar refractivity (Wildman–Crippen MR) is 41.0 cm³/mol. The van der Waals surface area contributed by atoms with Crippen LogP contribution in [0.4, 0.5) is 0 Å². The number of hydrogen-bond acceptors (Lipinski definition) is 2. The molecule has 0 spiro atoms. The summed E-state index contributed by atoms with van der Waals surface area (Å²) in [7, 11) is 0. The highest BCUT2D eigenvalue weighted by Crippen LogP contribution is 2.12. The van der Waals surface area contributed by atoms with Gasteiger partial charge in [0.25, 0.3) is 0 Å². The van der Waals surface area contributed by atoms with Gasteiger partial charge in [-0.15, -0.1) is 0 Å². The van der Waals surface area contributed by atoms with Crippen LogP contribution in [0.5, 0.6) is 0 Å². The van der Waals surface area contributed by atoms with Crippen molar-refractivity contribution in [3.05, 3.63) is 0 Å². The Bertz CT molecular complexity index is 177. The molecule has 1 atom stereocenters. The van der Waals surface area contributed by atoms with Crippen molar-refractivity contribution in [2.45, 2.75) is 26.2 Å². The van der Waals surface area contributed by atoms with Crippen LogP contribution in [-0.4, -0.2) is 18.2 Å². The summed E-state index contributed by atoms with van der Waals surface area (Å²) < 4.78 is 0. The maximum atomic E-state index is 11.1. The van der Waals surface area contributed by atoms with Gasteiger partial charge in [-0.3, -0.25) is 9.59 Å². The van der Waals surface area contributed by atoms with Gasteiger partial charge in [0.05, 0.1) is 6.42 Å². The molecule has 0 aromatic carbocycles. The molecular weight excluding hydrogens is 142 g/mol. The van der Waals surface area contributed by atoms with Crippen molar-refractivity contribution in [3.8, 4) is 0 Å². The second kappa shape index (κ2) is 3.51. The average molecular weight is 155 g/mol. The molecular formula is C8H13NO2. The van der Waals surface area contributed by atoms with Crippen molar-refractivity contribution in [1.82, 2.24) is 5.32 Å². The number of hydrogen-bond donors (Lipinski definition) is 1. The molecule has 0 aromatic heterocycles. The number of amides is 1. The van der Waals surface area contributed by atoms with E-state index in [9.17, 15) is 9.59 Å². The highest BCUT2D eigenvalue weighted by molar-refractivity contribution is 6.01. The molecule has 1 aliphatic rings. The molecule has 1 aliphatic heterocycles. The quantitative estimate of drug-likeness (QED) is 0.590. The Morgan fingerprint density at radius 2 is 2.27 bits per heavy atom. The minimum absolute atomic E-state index is 0.0812. The number of ketones is 1. The van der Waals surface area contributed by atoms with Crippen LogP contribution in [0.2, 0.25) is 0 Å². The number of rotatable bonds is 2. The minimum atomic E-state index is -0.123. The summed E-state index contributed by atoms with van der Waals surface area (Å²) in [6.07, 6.45) is 2.00. The second-order valence-electron chi connectivity index (χ2n) is 2.93. The first-order chi connectivity index (χ1) is 5.24. The molecule has 1 amide bonds. The SMILES string of the molecule is CCCC1CNC(=O)CC1=O.